The average Bonchev–Trinajstić information content (AvgIpc) is 2.94. The third-order valence-corrected chi connectivity index (χ3v) is 8.04. The van der Waals surface area contributed by atoms with Gasteiger partial charge in [-0.3, -0.25) is 9.78 Å². The lowest BCUT2D eigenvalue weighted by atomic mass is 9.71. The first-order valence-electron chi connectivity index (χ1n) is 13.4. The molecule has 2 aromatic carbocycles. The normalized spacial score (nSPS) is 16.2. The molecule has 3 aromatic rings. The number of carboxylic acid groups (broad SMARTS) is 1. The van der Waals surface area contributed by atoms with Crippen LogP contribution in [0.2, 0.25) is 0 Å². The molecule has 1 aliphatic heterocycles. The number of carbonyl (C=O) groups is 1. The number of aromatic nitrogens is 1. The SMILES string of the molecule is COc1ccc2ncc(CO)c(C(F)CCC3(CC(=O)O)CCN(CCCc4cc(F)cc(F)c4F)CC3)c2c1. The van der Waals surface area contributed by atoms with Crippen LogP contribution in [0.1, 0.15) is 61.4 Å². The quantitative estimate of drug-likeness (QED) is 0.204. The van der Waals surface area contributed by atoms with E-state index in [2.05, 4.69) is 9.88 Å². The number of carboxylic acids is 1. The minimum absolute atomic E-state index is 0.00720. The van der Waals surface area contributed by atoms with Crippen molar-refractivity contribution in [1.29, 1.82) is 0 Å². The molecule has 2 N–H and O–H groups in total. The van der Waals surface area contributed by atoms with Crippen LogP contribution in [-0.4, -0.2) is 52.8 Å². The van der Waals surface area contributed by atoms with Gasteiger partial charge in [-0.05, 0) is 93.4 Å². The van der Waals surface area contributed by atoms with Crippen LogP contribution in [0.15, 0.2) is 36.5 Å². The van der Waals surface area contributed by atoms with Gasteiger partial charge in [0.2, 0.25) is 0 Å². The Bertz CT molecular complexity index is 1340. The summed E-state index contributed by atoms with van der Waals surface area (Å²) in [6.45, 7) is 1.36. The molecule has 1 fully saturated rings. The van der Waals surface area contributed by atoms with Crippen molar-refractivity contribution in [1.82, 2.24) is 9.88 Å². The Hall–Kier alpha value is -3.24. The lowest BCUT2D eigenvalue weighted by Crippen LogP contribution is -2.41. The van der Waals surface area contributed by atoms with Crippen molar-refractivity contribution in [3.63, 3.8) is 0 Å². The molecule has 6 nitrogen and oxygen atoms in total. The molecule has 0 spiro atoms. The van der Waals surface area contributed by atoms with Gasteiger partial charge in [-0.15, -0.1) is 0 Å². The second-order valence-corrected chi connectivity index (χ2v) is 10.6. The summed E-state index contributed by atoms with van der Waals surface area (Å²) in [4.78, 5) is 18.2. The van der Waals surface area contributed by atoms with Gasteiger partial charge in [0.05, 0.1) is 25.7 Å². The smallest absolute Gasteiger partial charge is 0.303 e. The summed E-state index contributed by atoms with van der Waals surface area (Å²) in [7, 11) is 1.51. The van der Waals surface area contributed by atoms with E-state index in [0.29, 0.717) is 79.2 Å². The summed E-state index contributed by atoms with van der Waals surface area (Å²) in [5.74, 6) is -3.46. The summed E-state index contributed by atoms with van der Waals surface area (Å²) < 4.78 is 62.1. The number of aliphatic hydroxyl groups excluding tert-OH is 1. The number of aliphatic carboxylic acids is 1. The third kappa shape index (κ3) is 6.90. The van der Waals surface area contributed by atoms with Gasteiger partial charge in [-0.25, -0.2) is 17.6 Å². The largest absolute Gasteiger partial charge is 0.497 e. The Morgan fingerprint density at radius 1 is 1.15 bits per heavy atom. The maximum absolute atomic E-state index is 15.9. The number of aryl methyl sites for hydroxylation is 1. The predicted octanol–water partition coefficient (Wildman–Crippen LogP) is 6.13. The molecule has 1 aromatic heterocycles. The number of pyridine rings is 1. The fourth-order valence-electron chi connectivity index (χ4n) is 5.80. The van der Waals surface area contributed by atoms with Crippen LogP contribution >= 0.6 is 0 Å². The first-order valence-corrected chi connectivity index (χ1v) is 13.4. The second kappa shape index (κ2) is 13.0. The zero-order chi connectivity index (χ0) is 28.9. The minimum atomic E-state index is -1.44. The molecular weight excluding hydrogens is 528 g/mol. The number of benzene rings is 2. The number of methoxy groups -OCH3 is 1. The number of fused-ring (bicyclic) bond motifs is 1. The molecule has 40 heavy (non-hydrogen) atoms. The number of ether oxygens (including phenoxy) is 1. The third-order valence-electron chi connectivity index (χ3n) is 8.04. The van der Waals surface area contributed by atoms with Crippen molar-refractivity contribution in [3.8, 4) is 5.75 Å². The number of piperidine rings is 1. The molecule has 4 rings (SSSR count). The Balaban J connectivity index is 1.41. The lowest BCUT2D eigenvalue weighted by molar-refractivity contribution is -0.141. The molecule has 1 saturated heterocycles. The van der Waals surface area contributed by atoms with Crippen molar-refractivity contribution in [2.24, 2.45) is 5.41 Å². The van der Waals surface area contributed by atoms with Crippen LogP contribution in [-0.2, 0) is 17.8 Å². The molecule has 1 aliphatic rings. The molecule has 10 heteroatoms. The molecule has 0 amide bonds. The monoisotopic (exact) mass is 562 g/mol. The minimum Gasteiger partial charge on any atom is -0.497 e. The molecule has 216 valence electrons. The summed E-state index contributed by atoms with van der Waals surface area (Å²) in [5, 5.41) is 20.1. The fourth-order valence-corrected chi connectivity index (χ4v) is 5.80. The van der Waals surface area contributed by atoms with E-state index in [9.17, 15) is 28.2 Å². The van der Waals surface area contributed by atoms with Crippen molar-refractivity contribution >= 4 is 16.9 Å². The molecule has 1 unspecified atom stereocenters. The topological polar surface area (TPSA) is 82.9 Å². The zero-order valence-corrected chi connectivity index (χ0v) is 22.4. The first-order chi connectivity index (χ1) is 19.1. The van der Waals surface area contributed by atoms with Crippen LogP contribution in [0.5, 0.6) is 5.75 Å². The molecule has 0 bridgehead atoms. The van der Waals surface area contributed by atoms with Crippen molar-refractivity contribution in [3.05, 3.63) is 70.7 Å². The zero-order valence-electron chi connectivity index (χ0n) is 22.4. The molecular formula is C30H34F4N2O4. The van der Waals surface area contributed by atoms with E-state index in [-0.39, 0.29) is 31.4 Å². The predicted molar refractivity (Wildman–Crippen MR) is 142 cm³/mol. The highest BCUT2D eigenvalue weighted by molar-refractivity contribution is 5.85. The molecule has 0 saturated carbocycles. The van der Waals surface area contributed by atoms with E-state index in [4.69, 9.17) is 4.74 Å². The van der Waals surface area contributed by atoms with E-state index >= 15 is 4.39 Å². The van der Waals surface area contributed by atoms with Gasteiger partial charge in [0.1, 0.15) is 17.7 Å². The van der Waals surface area contributed by atoms with E-state index in [0.717, 1.165) is 6.07 Å². The highest BCUT2D eigenvalue weighted by Crippen LogP contribution is 2.43. The molecule has 0 aliphatic carbocycles. The average molecular weight is 563 g/mol. The number of aliphatic hydroxyl groups is 1. The number of likely N-dealkylation sites (tertiary alicyclic amines) is 1. The fraction of sp³-hybridized carbons (Fsp3) is 0.467. The van der Waals surface area contributed by atoms with Gasteiger partial charge < -0.3 is 19.8 Å². The van der Waals surface area contributed by atoms with Crippen LogP contribution < -0.4 is 4.74 Å². The van der Waals surface area contributed by atoms with Crippen LogP contribution in [0, 0.1) is 22.9 Å². The molecule has 0 radical (unpaired) electrons. The van der Waals surface area contributed by atoms with Gasteiger partial charge in [-0.2, -0.15) is 0 Å². The molecule has 2 heterocycles. The van der Waals surface area contributed by atoms with Crippen LogP contribution in [0.25, 0.3) is 10.9 Å². The van der Waals surface area contributed by atoms with E-state index < -0.39 is 35.0 Å². The van der Waals surface area contributed by atoms with E-state index in [1.807, 2.05) is 0 Å². The number of nitrogens with zero attached hydrogens (tertiary/aromatic N) is 2. The standard InChI is InChI=1S/C30H34F4N2O4/c1-40-22-4-5-26-23(15-22)28(20(18-37)17-35-26)24(32)6-7-30(16-27(38)39)8-11-36(12-9-30)10-2-3-19-13-21(31)14-25(33)29(19)34/h4-5,13-15,17,24,37H,2-3,6-12,16,18H2,1H3,(H,38,39). The highest BCUT2D eigenvalue weighted by Gasteiger charge is 2.37. The highest BCUT2D eigenvalue weighted by atomic mass is 19.2. The first kappa shape index (κ1) is 29.7. The van der Waals surface area contributed by atoms with Crippen molar-refractivity contribution < 1.29 is 37.3 Å². The number of hydrogen-bond acceptors (Lipinski definition) is 5. The van der Waals surface area contributed by atoms with Gasteiger partial charge in [0.15, 0.2) is 11.6 Å². The Labute approximate surface area is 230 Å². The summed E-state index contributed by atoms with van der Waals surface area (Å²) >= 11 is 0. The summed E-state index contributed by atoms with van der Waals surface area (Å²) in [6, 6.07) is 6.68. The van der Waals surface area contributed by atoms with Crippen LogP contribution in [0.3, 0.4) is 0 Å². The molecule has 1 atom stereocenters. The number of alkyl halides is 1. The summed E-state index contributed by atoms with van der Waals surface area (Å²) in [5.41, 5.74) is 0.697. The second-order valence-electron chi connectivity index (χ2n) is 10.6. The maximum Gasteiger partial charge on any atom is 0.303 e. The van der Waals surface area contributed by atoms with Crippen LogP contribution in [0.4, 0.5) is 17.6 Å². The van der Waals surface area contributed by atoms with Gasteiger partial charge >= 0.3 is 5.97 Å². The van der Waals surface area contributed by atoms with Crippen molar-refractivity contribution in [2.75, 3.05) is 26.7 Å². The van der Waals surface area contributed by atoms with Gasteiger partial charge in [0.25, 0.3) is 0 Å². The van der Waals surface area contributed by atoms with Gasteiger partial charge in [-0.1, -0.05) is 0 Å². The Kier molecular flexibility index (Phi) is 9.63. The van der Waals surface area contributed by atoms with Gasteiger partial charge in [0, 0.05) is 28.8 Å². The number of rotatable bonds is 12. The Morgan fingerprint density at radius 3 is 2.58 bits per heavy atom. The number of hydrogen-bond donors (Lipinski definition) is 2. The Morgan fingerprint density at radius 2 is 1.90 bits per heavy atom. The van der Waals surface area contributed by atoms with Crippen molar-refractivity contribution in [2.45, 2.75) is 57.7 Å². The number of halogens is 4. The summed E-state index contributed by atoms with van der Waals surface area (Å²) in [6.07, 6.45) is 2.14. The lowest BCUT2D eigenvalue weighted by Gasteiger charge is -2.41. The van der Waals surface area contributed by atoms with E-state index in [1.54, 1.807) is 18.2 Å². The maximum atomic E-state index is 15.9. The van der Waals surface area contributed by atoms with E-state index in [1.165, 1.54) is 13.3 Å².